The highest BCUT2D eigenvalue weighted by Crippen LogP contribution is 2.21. The Bertz CT molecular complexity index is 477. The van der Waals surface area contributed by atoms with Gasteiger partial charge in [0.25, 0.3) is 0 Å². The number of aromatic carboxylic acids is 1. The van der Waals surface area contributed by atoms with Crippen LogP contribution >= 0.6 is 15.9 Å². The Labute approximate surface area is 120 Å². The number of hydrogen-bond donors (Lipinski definition) is 3. The predicted molar refractivity (Wildman–Crippen MR) is 77.2 cm³/mol. The zero-order valence-electron chi connectivity index (χ0n) is 10.6. The van der Waals surface area contributed by atoms with Crippen molar-refractivity contribution in [2.24, 2.45) is 5.73 Å². The van der Waals surface area contributed by atoms with Crippen LogP contribution < -0.4 is 11.1 Å². The number of benzene rings is 1. The van der Waals surface area contributed by atoms with Crippen LogP contribution in [0.2, 0.25) is 0 Å². The number of unbranched alkanes of at least 4 members (excludes halogenated alkanes) is 1. The van der Waals surface area contributed by atoms with E-state index in [2.05, 4.69) is 21.2 Å². The molecule has 0 saturated carbocycles. The molecule has 0 radical (unpaired) electrons. The monoisotopic (exact) mass is 328 g/mol. The number of carbonyl (C=O) groups is 2. The summed E-state index contributed by atoms with van der Waals surface area (Å²) in [5, 5.41) is 11.6. The van der Waals surface area contributed by atoms with Crippen molar-refractivity contribution >= 4 is 33.5 Å². The molecule has 1 amide bonds. The molecule has 104 valence electrons. The molecule has 0 aliphatic heterocycles. The smallest absolute Gasteiger partial charge is 0.336 e. The van der Waals surface area contributed by atoms with E-state index in [1.807, 2.05) is 6.92 Å². The van der Waals surface area contributed by atoms with E-state index >= 15 is 0 Å². The van der Waals surface area contributed by atoms with E-state index in [1.165, 1.54) is 6.07 Å². The third-order valence-corrected chi connectivity index (χ3v) is 3.36. The molecule has 1 atom stereocenters. The van der Waals surface area contributed by atoms with Crippen molar-refractivity contribution in [2.45, 2.75) is 32.2 Å². The minimum Gasteiger partial charge on any atom is -0.478 e. The van der Waals surface area contributed by atoms with E-state index in [1.54, 1.807) is 12.1 Å². The van der Waals surface area contributed by atoms with Gasteiger partial charge in [-0.15, -0.1) is 0 Å². The van der Waals surface area contributed by atoms with E-state index in [0.717, 1.165) is 12.8 Å². The van der Waals surface area contributed by atoms with Crippen molar-refractivity contribution in [3.63, 3.8) is 0 Å². The molecule has 0 fully saturated rings. The molecule has 1 rings (SSSR count). The largest absolute Gasteiger partial charge is 0.478 e. The molecule has 0 saturated heterocycles. The quantitative estimate of drug-likeness (QED) is 0.748. The lowest BCUT2D eigenvalue weighted by molar-refractivity contribution is -0.117. The molecule has 0 aromatic heterocycles. The third kappa shape index (κ3) is 4.65. The van der Waals surface area contributed by atoms with Crippen LogP contribution in [-0.2, 0) is 4.79 Å². The summed E-state index contributed by atoms with van der Waals surface area (Å²) in [5.74, 6) is -1.36. The number of carboxylic acids is 1. The van der Waals surface area contributed by atoms with Crippen LogP contribution in [0.5, 0.6) is 0 Å². The summed E-state index contributed by atoms with van der Waals surface area (Å²) >= 11 is 3.14. The SMILES string of the molecule is CCCCC(N)C(=O)Nc1ccc(Br)c(C(=O)O)c1. The first kappa shape index (κ1) is 15.7. The van der Waals surface area contributed by atoms with Gasteiger partial charge in [0.1, 0.15) is 0 Å². The lowest BCUT2D eigenvalue weighted by Crippen LogP contribution is -2.35. The van der Waals surface area contributed by atoms with Crippen LogP contribution in [0.4, 0.5) is 5.69 Å². The summed E-state index contributed by atoms with van der Waals surface area (Å²) in [6.45, 7) is 2.03. The summed E-state index contributed by atoms with van der Waals surface area (Å²) in [7, 11) is 0. The molecule has 0 aliphatic carbocycles. The highest BCUT2D eigenvalue weighted by atomic mass is 79.9. The molecule has 1 aromatic rings. The maximum Gasteiger partial charge on any atom is 0.336 e. The van der Waals surface area contributed by atoms with Crippen molar-refractivity contribution < 1.29 is 14.7 Å². The molecule has 0 heterocycles. The minimum absolute atomic E-state index is 0.0972. The second kappa shape index (κ2) is 7.25. The number of hydrogen-bond acceptors (Lipinski definition) is 3. The number of amides is 1. The molecule has 0 spiro atoms. The zero-order valence-corrected chi connectivity index (χ0v) is 12.2. The Balaban J connectivity index is 2.74. The van der Waals surface area contributed by atoms with Gasteiger partial charge in [0.2, 0.25) is 5.91 Å². The molecule has 5 nitrogen and oxygen atoms in total. The number of carbonyl (C=O) groups excluding carboxylic acids is 1. The minimum atomic E-state index is -1.06. The maximum atomic E-state index is 11.8. The third-order valence-electron chi connectivity index (χ3n) is 2.67. The zero-order chi connectivity index (χ0) is 14.4. The fourth-order valence-electron chi connectivity index (χ4n) is 1.56. The van der Waals surface area contributed by atoms with Gasteiger partial charge in [-0.25, -0.2) is 4.79 Å². The molecule has 1 aromatic carbocycles. The average Bonchev–Trinajstić information content (AvgIpc) is 2.37. The number of rotatable bonds is 6. The number of halogens is 1. The molecular weight excluding hydrogens is 312 g/mol. The maximum absolute atomic E-state index is 11.8. The van der Waals surface area contributed by atoms with Crippen molar-refractivity contribution in [2.75, 3.05) is 5.32 Å². The van der Waals surface area contributed by atoms with E-state index in [9.17, 15) is 9.59 Å². The Hall–Kier alpha value is -1.40. The highest BCUT2D eigenvalue weighted by Gasteiger charge is 2.14. The van der Waals surface area contributed by atoms with Crippen LogP contribution in [0.25, 0.3) is 0 Å². The molecule has 1 unspecified atom stereocenters. The van der Waals surface area contributed by atoms with Gasteiger partial charge in [0.05, 0.1) is 11.6 Å². The second-order valence-corrected chi connectivity index (χ2v) is 5.09. The molecule has 4 N–H and O–H groups in total. The van der Waals surface area contributed by atoms with Gasteiger partial charge < -0.3 is 16.2 Å². The van der Waals surface area contributed by atoms with Gasteiger partial charge in [0.15, 0.2) is 0 Å². The summed E-state index contributed by atoms with van der Waals surface area (Å²) in [6.07, 6.45) is 2.47. The van der Waals surface area contributed by atoms with E-state index in [0.29, 0.717) is 16.6 Å². The van der Waals surface area contributed by atoms with Crippen LogP contribution in [0.3, 0.4) is 0 Å². The lowest BCUT2D eigenvalue weighted by atomic mass is 10.1. The van der Waals surface area contributed by atoms with Gasteiger partial charge in [-0.05, 0) is 40.5 Å². The predicted octanol–water partition coefficient (Wildman–Crippen LogP) is 2.60. The number of anilines is 1. The topological polar surface area (TPSA) is 92.4 Å². The van der Waals surface area contributed by atoms with E-state index < -0.39 is 12.0 Å². The van der Waals surface area contributed by atoms with Gasteiger partial charge in [-0.3, -0.25) is 4.79 Å². The highest BCUT2D eigenvalue weighted by molar-refractivity contribution is 9.10. The van der Waals surface area contributed by atoms with Gasteiger partial charge in [0, 0.05) is 10.2 Å². The van der Waals surface area contributed by atoms with Crippen molar-refractivity contribution in [1.82, 2.24) is 0 Å². The average molecular weight is 329 g/mol. The van der Waals surface area contributed by atoms with Crippen molar-refractivity contribution in [3.05, 3.63) is 28.2 Å². The lowest BCUT2D eigenvalue weighted by Gasteiger charge is -2.12. The van der Waals surface area contributed by atoms with Crippen LogP contribution in [0, 0.1) is 0 Å². The van der Waals surface area contributed by atoms with Gasteiger partial charge in [-0.1, -0.05) is 19.8 Å². The molecule has 6 heteroatoms. The Morgan fingerprint density at radius 3 is 2.74 bits per heavy atom. The van der Waals surface area contributed by atoms with Crippen molar-refractivity contribution in [1.29, 1.82) is 0 Å². The fourth-order valence-corrected chi connectivity index (χ4v) is 1.97. The fraction of sp³-hybridized carbons (Fsp3) is 0.385. The first-order valence-corrected chi connectivity index (χ1v) is 6.84. The normalized spacial score (nSPS) is 11.9. The summed E-state index contributed by atoms with van der Waals surface area (Å²) < 4.78 is 0.466. The summed E-state index contributed by atoms with van der Waals surface area (Å²) in [5.41, 5.74) is 6.27. The summed E-state index contributed by atoms with van der Waals surface area (Å²) in [6, 6.07) is 4.03. The van der Waals surface area contributed by atoms with E-state index in [-0.39, 0.29) is 11.5 Å². The number of carboxylic acid groups (broad SMARTS) is 1. The van der Waals surface area contributed by atoms with Gasteiger partial charge in [-0.2, -0.15) is 0 Å². The van der Waals surface area contributed by atoms with Crippen molar-refractivity contribution in [3.8, 4) is 0 Å². The Morgan fingerprint density at radius 1 is 1.47 bits per heavy atom. The number of nitrogens with one attached hydrogen (secondary N) is 1. The Kier molecular flexibility index (Phi) is 5.98. The molecule has 0 aliphatic rings. The summed E-state index contributed by atoms with van der Waals surface area (Å²) in [4.78, 5) is 22.8. The molecule has 0 bridgehead atoms. The van der Waals surface area contributed by atoms with Gasteiger partial charge >= 0.3 is 5.97 Å². The molecule has 19 heavy (non-hydrogen) atoms. The first-order valence-electron chi connectivity index (χ1n) is 6.05. The number of nitrogens with two attached hydrogens (primary N) is 1. The molecular formula is C13H17BrN2O3. The van der Waals surface area contributed by atoms with E-state index in [4.69, 9.17) is 10.8 Å². The second-order valence-electron chi connectivity index (χ2n) is 4.24. The standard InChI is InChI=1S/C13H17BrN2O3/c1-2-3-4-11(15)12(17)16-8-5-6-10(14)9(7-8)13(18)19/h5-7,11H,2-4,15H2,1H3,(H,16,17)(H,18,19). The van der Waals surface area contributed by atoms with Crippen LogP contribution in [0.1, 0.15) is 36.5 Å². The Morgan fingerprint density at radius 2 is 2.16 bits per heavy atom. The van der Waals surface area contributed by atoms with Crippen LogP contribution in [-0.4, -0.2) is 23.0 Å². The first-order chi connectivity index (χ1) is 8.95. The van der Waals surface area contributed by atoms with Crippen LogP contribution in [0.15, 0.2) is 22.7 Å².